The Kier molecular flexibility index (Phi) is 4.50. The maximum absolute atomic E-state index is 11.9. The Morgan fingerprint density at radius 3 is 2.75 bits per heavy atom. The zero-order valence-electron chi connectivity index (χ0n) is 10.1. The number of nitrogens with one attached hydrogen (secondary N) is 1. The second-order valence-corrected chi connectivity index (χ2v) is 5.20. The molecule has 0 aromatic carbocycles. The monoisotopic (exact) mass is 240 g/mol. The summed E-state index contributed by atoms with van der Waals surface area (Å²) in [4.78, 5) is 13.1. The Balaban J connectivity index is 2.68. The van der Waals surface area contributed by atoms with Crippen LogP contribution in [0.1, 0.15) is 44.5 Å². The van der Waals surface area contributed by atoms with Gasteiger partial charge in [0.05, 0.1) is 11.6 Å². The molecule has 1 amide bonds. The highest BCUT2D eigenvalue weighted by Gasteiger charge is 2.28. The van der Waals surface area contributed by atoms with Gasteiger partial charge in [-0.1, -0.05) is 19.9 Å². The molecule has 0 aliphatic heterocycles. The molecule has 0 fully saturated rings. The fourth-order valence-corrected chi connectivity index (χ4v) is 2.21. The zero-order valence-corrected chi connectivity index (χ0v) is 10.9. The molecular weight excluding hydrogens is 220 g/mol. The van der Waals surface area contributed by atoms with Gasteiger partial charge in [0.2, 0.25) is 5.91 Å². The van der Waals surface area contributed by atoms with Gasteiger partial charge in [0.25, 0.3) is 0 Å². The van der Waals surface area contributed by atoms with Crippen LogP contribution in [0.25, 0.3) is 0 Å². The standard InChI is InChI=1S/C12H20N2OS/c1-4-9(10-7-6-8-16-10)14-11(15)12(3,13)5-2/h6-9H,4-5,13H2,1-3H3,(H,14,15). The van der Waals surface area contributed by atoms with Crippen LogP contribution in [0.2, 0.25) is 0 Å². The summed E-state index contributed by atoms with van der Waals surface area (Å²) in [5, 5.41) is 5.03. The van der Waals surface area contributed by atoms with Gasteiger partial charge in [-0.15, -0.1) is 11.3 Å². The van der Waals surface area contributed by atoms with Crippen LogP contribution < -0.4 is 11.1 Å². The van der Waals surface area contributed by atoms with Gasteiger partial charge in [-0.3, -0.25) is 4.79 Å². The molecule has 90 valence electrons. The van der Waals surface area contributed by atoms with Gasteiger partial charge in [0, 0.05) is 4.88 Å². The number of hydrogen-bond acceptors (Lipinski definition) is 3. The first kappa shape index (κ1) is 13.2. The van der Waals surface area contributed by atoms with Crippen molar-refractivity contribution in [2.45, 2.75) is 45.2 Å². The summed E-state index contributed by atoms with van der Waals surface area (Å²) < 4.78 is 0. The van der Waals surface area contributed by atoms with Gasteiger partial charge in [0.1, 0.15) is 0 Å². The third-order valence-electron chi connectivity index (χ3n) is 2.85. The van der Waals surface area contributed by atoms with Crippen molar-refractivity contribution in [3.63, 3.8) is 0 Å². The molecule has 3 nitrogen and oxygen atoms in total. The van der Waals surface area contributed by atoms with Crippen LogP contribution in [0, 0.1) is 0 Å². The Morgan fingerprint density at radius 2 is 2.31 bits per heavy atom. The average molecular weight is 240 g/mol. The first-order valence-electron chi connectivity index (χ1n) is 5.64. The quantitative estimate of drug-likeness (QED) is 0.830. The van der Waals surface area contributed by atoms with Crippen molar-refractivity contribution in [1.82, 2.24) is 5.32 Å². The molecule has 1 aromatic heterocycles. The fourth-order valence-electron chi connectivity index (χ4n) is 1.35. The molecule has 4 heteroatoms. The lowest BCUT2D eigenvalue weighted by molar-refractivity contribution is -0.126. The van der Waals surface area contributed by atoms with Crippen LogP contribution in [0.3, 0.4) is 0 Å². The SMILES string of the molecule is CCC(NC(=O)C(C)(N)CC)c1cccs1. The van der Waals surface area contributed by atoms with E-state index >= 15 is 0 Å². The lowest BCUT2D eigenvalue weighted by Crippen LogP contribution is -2.51. The molecule has 1 rings (SSSR count). The molecule has 1 heterocycles. The number of rotatable bonds is 5. The van der Waals surface area contributed by atoms with Gasteiger partial charge in [0.15, 0.2) is 0 Å². The van der Waals surface area contributed by atoms with Crippen molar-refractivity contribution in [2.75, 3.05) is 0 Å². The van der Waals surface area contributed by atoms with Crippen molar-refractivity contribution in [1.29, 1.82) is 0 Å². The third-order valence-corrected chi connectivity index (χ3v) is 3.84. The summed E-state index contributed by atoms with van der Waals surface area (Å²) in [5.41, 5.74) is 5.13. The minimum absolute atomic E-state index is 0.0738. The van der Waals surface area contributed by atoms with Crippen LogP contribution in [-0.4, -0.2) is 11.4 Å². The van der Waals surface area contributed by atoms with Crippen molar-refractivity contribution in [3.05, 3.63) is 22.4 Å². The molecule has 0 aliphatic carbocycles. The first-order valence-corrected chi connectivity index (χ1v) is 6.52. The molecule has 16 heavy (non-hydrogen) atoms. The molecule has 3 N–H and O–H groups in total. The van der Waals surface area contributed by atoms with E-state index in [1.807, 2.05) is 24.4 Å². The molecule has 0 bridgehead atoms. The minimum Gasteiger partial charge on any atom is -0.347 e. The number of amides is 1. The number of thiophene rings is 1. The molecule has 2 unspecified atom stereocenters. The van der Waals surface area contributed by atoms with Crippen LogP contribution in [0.4, 0.5) is 0 Å². The molecule has 0 aliphatic rings. The maximum atomic E-state index is 11.9. The number of hydrogen-bond donors (Lipinski definition) is 2. The van der Waals surface area contributed by atoms with Crippen LogP contribution in [0.5, 0.6) is 0 Å². The van der Waals surface area contributed by atoms with E-state index in [1.165, 1.54) is 4.88 Å². The molecule has 0 saturated heterocycles. The summed E-state index contributed by atoms with van der Waals surface area (Å²) in [6.45, 7) is 5.75. The fraction of sp³-hybridized carbons (Fsp3) is 0.583. The van der Waals surface area contributed by atoms with Crippen molar-refractivity contribution in [2.24, 2.45) is 5.73 Å². The lowest BCUT2D eigenvalue weighted by atomic mass is 9.98. The normalized spacial score (nSPS) is 16.5. The van der Waals surface area contributed by atoms with Gasteiger partial charge in [-0.25, -0.2) is 0 Å². The molecule has 2 atom stereocenters. The van der Waals surface area contributed by atoms with Crippen molar-refractivity contribution in [3.8, 4) is 0 Å². The van der Waals surface area contributed by atoms with E-state index in [1.54, 1.807) is 18.3 Å². The minimum atomic E-state index is -0.773. The molecule has 0 spiro atoms. The topological polar surface area (TPSA) is 55.1 Å². The Morgan fingerprint density at radius 1 is 1.62 bits per heavy atom. The van der Waals surface area contributed by atoms with Crippen LogP contribution in [-0.2, 0) is 4.79 Å². The Bertz CT molecular complexity index is 333. The van der Waals surface area contributed by atoms with E-state index < -0.39 is 5.54 Å². The van der Waals surface area contributed by atoms with Gasteiger partial charge >= 0.3 is 0 Å². The van der Waals surface area contributed by atoms with Gasteiger partial charge in [-0.2, -0.15) is 0 Å². The highest BCUT2D eigenvalue weighted by atomic mass is 32.1. The third kappa shape index (κ3) is 3.06. The Hall–Kier alpha value is -0.870. The predicted octanol–water partition coefficient (Wildman–Crippen LogP) is 2.44. The summed E-state index contributed by atoms with van der Waals surface area (Å²) in [6.07, 6.45) is 1.52. The summed E-state index contributed by atoms with van der Waals surface area (Å²) in [7, 11) is 0. The number of nitrogens with two attached hydrogens (primary N) is 1. The summed E-state index contributed by atoms with van der Waals surface area (Å²) in [6, 6.07) is 4.12. The van der Waals surface area contributed by atoms with Crippen LogP contribution in [0.15, 0.2) is 17.5 Å². The molecule has 0 radical (unpaired) electrons. The van der Waals surface area contributed by atoms with E-state index in [9.17, 15) is 4.79 Å². The predicted molar refractivity (Wildman–Crippen MR) is 68.4 cm³/mol. The smallest absolute Gasteiger partial charge is 0.240 e. The van der Waals surface area contributed by atoms with Crippen molar-refractivity contribution < 1.29 is 4.79 Å². The average Bonchev–Trinajstić information content (AvgIpc) is 2.78. The van der Waals surface area contributed by atoms with Gasteiger partial charge < -0.3 is 11.1 Å². The van der Waals surface area contributed by atoms with Crippen molar-refractivity contribution >= 4 is 17.2 Å². The summed E-state index contributed by atoms with van der Waals surface area (Å²) in [5.74, 6) is -0.0738. The number of carbonyl (C=O) groups is 1. The highest BCUT2D eigenvalue weighted by Crippen LogP contribution is 2.22. The van der Waals surface area contributed by atoms with E-state index in [0.29, 0.717) is 6.42 Å². The van der Waals surface area contributed by atoms with Crippen LogP contribution >= 0.6 is 11.3 Å². The Labute approximate surface area is 101 Å². The van der Waals surface area contributed by atoms with E-state index in [0.717, 1.165) is 6.42 Å². The number of carbonyl (C=O) groups excluding carboxylic acids is 1. The van der Waals surface area contributed by atoms with Gasteiger partial charge in [-0.05, 0) is 31.2 Å². The lowest BCUT2D eigenvalue weighted by Gasteiger charge is -2.25. The second kappa shape index (κ2) is 5.46. The van der Waals surface area contributed by atoms with E-state index in [2.05, 4.69) is 12.2 Å². The maximum Gasteiger partial charge on any atom is 0.240 e. The summed E-state index contributed by atoms with van der Waals surface area (Å²) >= 11 is 1.66. The second-order valence-electron chi connectivity index (χ2n) is 4.22. The largest absolute Gasteiger partial charge is 0.347 e. The molecule has 1 aromatic rings. The zero-order chi connectivity index (χ0) is 12.2. The van der Waals surface area contributed by atoms with E-state index in [-0.39, 0.29) is 11.9 Å². The highest BCUT2D eigenvalue weighted by molar-refractivity contribution is 7.10. The first-order chi connectivity index (χ1) is 7.51. The molecular formula is C12H20N2OS. The molecule has 0 saturated carbocycles. The van der Waals surface area contributed by atoms with E-state index in [4.69, 9.17) is 5.73 Å².